The molecular formula is C13H12FNO2. The van der Waals surface area contributed by atoms with Crippen molar-refractivity contribution in [1.82, 2.24) is 0 Å². The maximum Gasteiger partial charge on any atom is 0.228 e. The lowest BCUT2D eigenvalue weighted by molar-refractivity contribution is -0.117. The predicted octanol–water partition coefficient (Wildman–Crippen LogP) is 1.82. The SMILES string of the molecule is C#CC1CC(=O)N(c2cc(F)ccc2OC)C1. The first-order chi connectivity index (χ1) is 8.15. The molecule has 1 saturated heterocycles. The fraction of sp³-hybridized carbons (Fsp3) is 0.308. The Balaban J connectivity index is 2.37. The number of halogens is 1. The van der Waals surface area contributed by atoms with Crippen LogP contribution < -0.4 is 9.64 Å². The van der Waals surface area contributed by atoms with Gasteiger partial charge >= 0.3 is 0 Å². The molecule has 0 N–H and O–H groups in total. The summed E-state index contributed by atoms with van der Waals surface area (Å²) in [5, 5.41) is 0. The predicted molar refractivity (Wildman–Crippen MR) is 62.2 cm³/mol. The van der Waals surface area contributed by atoms with Gasteiger partial charge in [-0.25, -0.2) is 4.39 Å². The fourth-order valence-electron chi connectivity index (χ4n) is 1.93. The first-order valence-corrected chi connectivity index (χ1v) is 5.25. The average Bonchev–Trinajstić information content (AvgIpc) is 2.70. The Bertz CT molecular complexity index is 493. The molecule has 0 spiro atoms. The van der Waals surface area contributed by atoms with Crippen LogP contribution in [0.15, 0.2) is 18.2 Å². The summed E-state index contributed by atoms with van der Waals surface area (Å²) in [7, 11) is 1.48. The van der Waals surface area contributed by atoms with Crippen molar-refractivity contribution >= 4 is 11.6 Å². The van der Waals surface area contributed by atoms with Crippen LogP contribution in [0.25, 0.3) is 0 Å². The number of terminal acetylenes is 1. The van der Waals surface area contributed by atoms with Crippen molar-refractivity contribution in [2.45, 2.75) is 6.42 Å². The lowest BCUT2D eigenvalue weighted by Crippen LogP contribution is -2.25. The number of nitrogens with zero attached hydrogens (tertiary/aromatic N) is 1. The summed E-state index contributed by atoms with van der Waals surface area (Å²) in [6.45, 7) is 0.412. The van der Waals surface area contributed by atoms with Crippen LogP contribution in [-0.2, 0) is 4.79 Å². The van der Waals surface area contributed by atoms with E-state index in [2.05, 4.69) is 5.92 Å². The van der Waals surface area contributed by atoms with E-state index in [1.165, 1.54) is 30.2 Å². The molecule has 2 rings (SSSR count). The number of hydrogen-bond donors (Lipinski definition) is 0. The molecule has 1 atom stereocenters. The highest BCUT2D eigenvalue weighted by molar-refractivity contribution is 5.97. The highest BCUT2D eigenvalue weighted by Gasteiger charge is 2.31. The number of carbonyl (C=O) groups is 1. The number of anilines is 1. The first kappa shape index (κ1) is 11.5. The molecule has 1 aromatic carbocycles. The van der Waals surface area contributed by atoms with Crippen molar-refractivity contribution in [3.8, 4) is 18.1 Å². The highest BCUT2D eigenvalue weighted by Crippen LogP contribution is 2.33. The molecule has 0 radical (unpaired) electrons. The zero-order chi connectivity index (χ0) is 12.4. The number of carbonyl (C=O) groups excluding carboxylic acids is 1. The second kappa shape index (κ2) is 4.46. The minimum Gasteiger partial charge on any atom is -0.495 e. The Morgan fingerprint density at radius 1 is 1.59 bits per heavy atom. The van der Waals surface area contributed by atoms with E-state index >= 15 is 0 Å². The van der Waals surface area contributed by atoms with Crippen LogP contribution in [0.4, 0.5) is 10.1 Å². The second-order valence-corrected chi connectivity index (χ2v) is 3.89. The van der Waals surface area contributed by atoms with E-state index in [0.29, 0.717) is 24.4 Å². The Labute approximate surface area is 99.2 Å². The summed E-state index contributed by atoms with van der Waals surface area (Å²) in [5.41, 5.74) is 0.440. The third-order valence-corrected chi connectivity index (χ3v) is 2.79. The van der Waals surface area contributed by atoms with Gasteiger partial charge in [0.25, 0.3) is 0 Å². The number of hydrogen-bond acceptors (Lipinski definition) is 2. The van der Waals surface area contributed by atoms with Gasteiger partial charge in [-0.2, -0.15) is 0 Å². The van der Waals surface area contributed by atoms with Crippen molar-refractivity contribution in [3.05, 3.63) is 24.0 Å². The van der Waals surface area contributed by atoms with Gasteiger partial charge in [-0.15, -0.1) is 12.3 Å². The van der Waals surface area contributed by atoms with E-state index in [0.717, 1.165) is 0 Å². The largest absolute Gasteiger partial charge is 0.495 e. The Hall–Kier alpha value is -2.02. The zero-order valence-corrected chi connectivity index (χ0v) is 9.44. The Morgan fingerprint density at radius 3 is 2.94 bits per heavy atom. The molecule has 17 heavy (non-hydrogen) atoms. The molecule has 4 heteroatoms. The molecule has 0 aliphatic carbocycles. The van der Waals surface area contributed by atoms with Crippen LogP contribution in [0.2, 0.25) is 0 Å². The Morgan fingerprint density at radius 2 is 2.35 bits per heavy atom. The van der Waals surface area contributed by atoms with Gasteiger partial charge < -0.3 is 9.64 Å². The molecule has 1 fully saturated rings. The van der Waals surface area contributed by atoms with Gasteiger partial charge in [0.1, 0.15) is 11.6 Å². The molecule has 88 valence electrons. The van der Waals surface area contributed by atoms with E-state index in [9.17, 15) is 9.18 Å². The van der Waals surface area contributed by atoms with Gasteiger partial charge in [-0.1, -0.05) is 0 Å². The molecule has 1 aliphatic rings. The van der Waals surface area contributed by atoms with Crippen LogP contribution in [-0.4, -0.2) is 19.6 Å². The van der Waals surface area contributed by atoms with E-state index < -0.39 is 5.82 Å². The molecule has 1 heterocycles. The van der Waals surface area contributed by atoms with Gasteiger partial charge in [0.05, 0.1) is 12.8 Å². The van der Waals surface area contributed by atoms with Crippen LogP contribution in [0.5, 0.6) is 5.75 Å². The van der Waals surface area contributed by atoms with Crippen molar-refractivity contribution < 1.29 is 13.9 Å². The van der Waals surface area contributed by atoms with E-state index in [4.69, 9.17) is 11.2 Å². The quantitative estimate of drug-likeness (QED) is 0.729. The van der Waals surface area contributed by atoms with Crippen LogP contribution >= 0.6 is 0 Å². The molecule has 0 saturated carbocycles. The monoisotopic (exact) mass is 233 g/mol. The molecule has 3 nitrogen and oxygen atoms in total. The first-order valence-electron chi connectivity index (χ1n) is 5.25. The number of benzene rings is 1. The standard InChI is InChI=1S/C13H12FNO2/c1-3-9-6-13(16)15(8-9)11-7-10(14)4-5-12(11)17-2/h1,4-5,7,9H,6,8H2,2H3. The van der Waals surface area contributed by atoms with E-state index in [1.54, 1.807) is 0 Å². The third-order valence-electron chi connectivity index (χ3n) is 2.79. The van der Waals surface area contributed by atoms with Gasteiger partial charge in [-0.05, 0) is 12.1 Å². The van der Waals surface area contributed by atoms with Crippen LogP contribution in [0.3, 0.4) is 0 Å². The molecule has 0 aromatic heterocycles. The molecular weight excluding hydrogens is 221 g/mol. The molecule has 0 bridgehead atoms. The Kier molecular flexibility index (Phi) is 3.01. The van der Waals surface area contributed by atoms with Gasteiger partial charge in [0, 0.05) is 24.9 Å². The smallest absolute Gasteiger partial charge is 0.228 e. The van der Waals surface area contributed by atoms with Gasteiger partial charge in [0.15, 0.2) is 0 Å². The summed E-state index contributed by atoms with van der Waals surface area (Å²) >= 11 is 0. The summed E-state index contributed by atoms with van der Waals surface area (Å²) in [5.74, 6) is 2.40. The highest BCUT2D eigenvalue weighted by atomic mass is 19.1. The third kappa shape index (κ3) is 2.09. The number of amides is 1. The second-order valence-electron chi connectivity index (χ2n) is 3.89. The number of ether oxygens (including phenoxy) is 1. The van der Waals surface area contributed by atoms with E-state index in [1.807, 2.05) is 0 Å². The number of rotatable bonds is 2. The maximum atomic E-state index is 13.2. The molecule has 1 aromatic rings. The molecule has 1 unspecified atom stereocenters. The van der Waals surface area contributed by atoms with Gasteiger partial charge in [-0.3, -0.25) is 4.79 Å². The van der Waals surface area contributed by atoms with Crippen molar-refractivity contribution in [2.24, 2.45) is 5.92 Å². The lowest BCUT2D eigenvalue weighted by atomic mass is 10.1. The van der Waals surface area contributed by atoms with Crippen LogP contribution in [0, 0.1) is 24.1 Å². The fourth-order valence-corrected chi connectivity index (χ4v) is 1.93. The van der Waals surface area contributed by atoms with Gasteiger partial charge in [0.2, 0.25) is 5.91 Å². The average molecular weight is 233 g/mol. The summed E-state index contributed by atoms with van der Waals surface area (Å²) in [6.07, 6.45) is 5.60. The number of methoxy groups -OCH3 is 1. The maximum absolute atomic E-state index is 13.2. The van der Waals surface area contributed by atoms with Crippen molar-refractivity contribution in [3.63, 3.8) is 0 Å². The molecule has 1 amide bonds. The zero-order valence-electron chi connectivity index (χ0n) is 9.44. The van der Waals surface area contributed by atoms with E-state index in [-0.39, 0.29) is 11.8 Å². The van der Waals surface area contributed by atoms with Crippen molar-refractivity contribution in [1.29, 1.82) is 0 Å². The summed E-state index contributed by atoms with van der Waals surface area (Å²) < 4.78 is 18.3. The normalized spacial score (nSPS) is 19.2. The van der Waals surface area contributed by atoms with Crippen LogP contribution in [0.1, 0.15) is 6.42 Å². The topological polar surface area (TPSA) is 29.5 Å². The lowest BCUT2D eigenvalue weighted by Gasteiger charge is -2.19. The minimum absolute atomic E-state index is 0.100. The summed E-state index contributed by atoms with van der Waals surface area (Å²) in [4.78, 5) is 13.3. The summed E-state index contributed by atoms with van der Waals surface area (Å²) in [6, 6.07) is 4.08. The minimum atomic E-state index is -0.405. The van der Waals surface area contributed by atoms with Crippen molar-refractivity contribution in [2.75, 3.05) is 18.6 Å². The molecule has 1 aliphatic heterocycles.